The van der Waals surface area contributed by atoms with Crippen LogP contribution < -0.4 is 10.6 Å². The molecule has 2 aliphatic heterocycles. The molecule has 0 amide bonds. The Morgan fingerprint density at radius 2 is 1.96 bits per heavy atom. The fraction of sp³-hybridized carbons (Fsp3) is 0.947. The molecule has 0 spiro atoms. The number of hydrogen-bond acceptors (Lipinski definition) is 5. The molecule has 0 bridgehead atoms. The molecule has 2 N–H and O–H groups in total. The third-order valence-corrected chi connectivity index (χ3v) is 7.69. The highest BCUT2D eigenvalue weighted by Gasteiger charge is 2.41. The smallest absolute Gasteiger partial charge is 0.191 e. The van der Waals surface area contributed by atoms with E-state index in [1.165, 1.54) is 37.2 Å². The number of methoxy groups -OCH3 is 1. The topological polar surface area (TPSA) is 58.1 Å². The van der Waals surface area contributed by atoms with Crippen molar-refractivity contribution in [3.8, 4) is 0 Å². The fourth-order valence-corrected chi connectivity index (χ4v) is 5.86. The summed E-state index contributed by atoms with van der Waals surface area (Å²) in [6, 6.07) is 0. The second kappa shape index (κ2) is 9.62. The van der Waals surface area contributed by atoms with Gasteiger partial charge in [-0.3, -0.25) is 9.89 Å². The van der Waals surface area contributed by atoms with Crippen LogP contribution in [0.4, 0.5) is 0 Å². The van der Waals surface area contributed by atoms with Crippen LogP contribution in [0.2, 0.25) is 0 Å². The van der Waals surface area contributed by atoms with E-state index in [9.17, 15) is 0 Å². The first-order valence-corrected chi connectivity index (χ1v) is 11.2. The van der Waals surface area contributed by atoms with Gasteiger partial charge in [0.15, 0.2) is 5.96 Å². The SMILES string of the molecule is CN=C(NCC1(CCOC)CCC1)NCC1(N2CCOCC2)CCSC1. The van der Waals surface area contributed by atoms with Gasteiger partial charge in [-0.25, -0.2) is 0 Å². The molecular formula is C19H36N4O2S. The number of hydrogen-bond donors (Lipinski definition) is 2. The van der Waals surface area contributed by atoms with Crippen molar-refractivity contribution in [3.63, 3.8) is 0 Å². The van der Waals surface area contributed by atoms with Crippen LogP contribution in [0.1, 0.15) is 32.1 Å². The summed E-state index contributed by atoms with van der Waals surface area (Å²) in [7, 11) is 3.67. The Balaban J connectivity index is 1.51. The average molecular weight is 385 g/mol. The van der Waals surface area contributed by atoms with E-state index in [1.54, 1.807) is 7.11 Å². The highest BCUT2D eigenvalue weighted by Crippen LogP contribution is 2.43. The van der Waals surface area contributed by atoms with Crippen LogP contribution in [0.15, 0.2) is 4.99 Å². The van der Waals surface area contributed by atoms with Crippen LogP contribution in [0, 0.1) is 5.41 Å². The molecule has 7 heteroatoms. The molecule has 150 valence electrons. The van der Waals surface area contributed by atoms with Gasteiger partial charge < -0.3 is 20.1 Å². The minimum Gasteiger partial charge on any atom is -0.385 e. The van der Waals surface area contributed by atoms with E-state index in [2.05, 4.69) is 32.3 Å². The quantitative estimate of drug-likeness (QED) is 0.489. The van der Waals surface area contributed by atoms with Crippen molar-refractivity contribution >= 4 is 17.7 Å². The molecule has 3 rings (SSSR count). The highest BCUT2D eigenvalue weighted by atomic mass is 32.2. The zero-order chi connectivity index (χ0) is 18.3. The molecule has 1 saturated carbocycles. The Labute approximate surface area is 162 Å². The lowest BCUT2D eigenvalue weighted by molar-refractivity contribution is -0.0120. The lowest BCUT2D eigenvalue weighted by Gasteiger charge is -2.44. The molecular weight excluding hydrogens is 348 g/mol. The van der Waals surface area contributed by atoms with Crippen molar-refractivity contribution < 1.29 is 9.47 Å². The first-order valence-electron chi connectivity index (χ1n) is 10.1. The molecule has 0 aromatic heterocycles. The van der Waals surface area contributed by atoms with Crippen LogP contribution in [0.3, 0.4) is 0 Å². The Morgan fingerprint density at radius 1 is 1.19 bits per heavy atom. The van der Waals surface area contributed by atoms with Gasteiger partial charge in [-0.2, -0.15) is 11.8 Å². The Hall–Kier alpha value is -0.500. The van der Waals surface area contributed by atoms with Crippen LogP contribution in [0.25, 0.3) is 0 Å². The number of nitrogens with one attached hydrogen (secondary N) is 2. The van der Waals surface area contributed by atoms with E-state index >= 15 is 0 Å². The minimum absolute atomic E-state index is 0.246. The summed E-state index contributed by atoms with van der Waals surface area (Å²) in [6.45, 7) is 6.64. The third kappa shape index (κ3) is 4.86. The van der Waals surface area contributed by atoms with Gasteiger partial charge >= 0.3 is 0 Å². The first-order chi connectivity index (χ1) is 12.7. The van der Waals surface area contributed by atoms with E-state index in [-0.39, 0.29) is 5.54 Å². The second-order valence-electron chi connectivity index (χ2n) is 8.00. The van der Waals surface area contributed by atoms with Crippen molar-refractivity contribution in [2.45, 2.75) is 37.6 Å². The number of guanidine groups is 1. The highest BCUT2D eigenvalue weighted by molar-refractivity contribution is 7.99. The summed E-state index contributed by atoms with van der Waals surface area (Å²) in [5.41, 5.74) is 0.648. The van der Waals surface area contributed by atoms with E-state index in [0.717, 1.165) is 58.4 Å². The maximum atomic E-state index is 5.56. The lowest BCUT2D eigenvalue weighted by Crippen LogP contribution is -2.60. The second-order valence-corrected chi connectivity index (χ2v) is 9.11. The van der Waals surface area contributed by atoms with Crippen molar-refractivity contribution in [1.29, 1.82) is 0 Å². The zero-order valence-corrected chi connectivity index (χ0v) is 17.3. The molecule has 0 radical (unpaired) electrons. The molecule has 1 aliphatic carbocycles. The number of thioether (sulfide) groups is 1. The molecule has 26 heavy (non-hydrogen) atoms. The standard InChI is InChI=1S/C19H36N4O2S/c1-20-17(21-14-18(4-3-5-18)6-10-24-2)22-15-19(7-13-26-16-19)23-8-11-25-12-9-23/h3-16H2,1-2H3,(H2,20,21,22). The summed E-state index contributed by atoms with van der Waals surface area (Å²) in [4.78, 5) is 7.12. The summed E-state index contributed by atoms with van der Waals surface area (Å²) in [6.07, 6.45) is 6.33. The molecule has 3 aliphatic rings. The number of aliphatic imine (C=N–C) groups is 1. The summed E-state index contributed by atoms with van der Waals surface area (Å²) in [5, 5.41) is 7.24. The van der Waals surface area contributed by atoms with E-state index in [0.29, 0.717) is 5.41 Å². The van der Waals surface area contributed by atoms with Crippen molar-refractivity contribution in [1.82, 2.24) is 15.5 Å². The van der Waals surface area contributed by atoms with Crippen LogP contribution in [0.5, 0.6) is 0 Å². The monoisotopic (exact) mass is 384 g/mol. The molecule has 2 saturated heterocycles. The van der Waals surface area contributed by atoms with Gasteiger partial charge in [-0.15, -0.1) is 0 Å². The normalized spacial score (nSPS) is 29.4. The van der Waals surface area contributed by atoms with Crippen LogP contribution in [-0.2, 0) is 9.47 Å². The van der Waals surface area contributed by atoms with Crippen molar-refractivity contribution in [2.75, 3.05) is 71.7 Å². The molecule has 6 nitrogen and oxygen atoms in total. The summed E-state index contributed by atoms with van der Waals surface area (Å²) in [5.74, 6) is 3.40. The Morgan fingerprint density at radius 3 is 2.54 bits per heavy atom. The van der Waals surface area contributed by atoms with Crippen LogP contribution >= 0.6 is 11.8 Å². The van der Waals surface area contributed by atoms with Gasteiger partial charge in [0.2, 0.25) is 0 Å². The number of morpholine rings is 1. The minimum atomic E-state index is 0.246. The van der Waals surface area contributed by atoms with Crippen molar-refractivity contribution in [3.05, 3.63) is 0 Å². The molecule has 1 atom stereocenters. The summed E-state index contributed by atoms with van der Waals surface area (Å²) < 4.78 is 10.9. The predicted molar refractivity (Wildman–Crippen MR) is 109 cm³/mol. The molecule has 3 fully saturated rings. The maximum absolute atomic E-state index is 5.56. The maximum Gasteiger partial charge on any atom is 0.191 e. The molecule has 2 heterocycles. The van der Waals surface area contributed by atoms with E-state index in [4.69, 9.17) is 9.47 Å². The number of ether oxygens (including phenoxy) is 2. The number of rotatable bonds is 8. The van der Waals surface area contributed by atoms with Gasteiger partial charge in [0.05, 0.1) is 13.2 Å². The first kappa shape index (κ1) is 20.2. The van der Waals surface area contributed by atoms with Gasteiger partial charge in [0.25, 0.3) is 0 Å². The van der Waals surface area contributed by atoms with E-state index in [1.807, 2.05) is 7.05 Å². The largest absolute Gasteiger partial charge is 0.385 e. The Bertz CT molecular complexity index is 458. The molecule has 1 unspecified atom stereocenters. The van der Waals surface area contributed by atoms with Crippen LogP contribution in [-0.4, -0.2) is 88.1 Å². The van der Waals surface area contributed by atoms with Gasteiger partial charge in [0.1, 0.15) is 0 Å². The molecule has 0 aromatic carbocycles. The van der Waals surface area contributed by atoms with Gasteiger partial charge in [-0.1, -0.05) is 6.42 Å². The average Bonchev–Trinajstić information content (AvgIpc) is 3.14. The summed E-state index contributed by atoms with van der Waals surface area (Å²) >= 11 is 2.08. The predicted octanol–water partition coefficient (Wildman–Crippen LogP) is 1.57. The third-order valence-electron chi connectivity index (χ3n) is 6.45. The fourth-order valence-electron chi connectivity index (χ4n) is 4.39. The van der Waals surface area contributed by atoms with Gasteiger partial charge in [0, 0.05) is 58.2 Å². The molecule has 0 aromatic rings. The van der Waals surface area contributed by atoms with Gasteiger partial charge in [-0.05, 0) is 36.9 Å². The zero-order valence-electron chi connectivity index (χ0n) is 16.5. The van der Waals surface area contributed by atoms with E-state index < -0.39 is 0 Å². The number of nitrogens with zero attached hydrogens (tertiary/aromatic N) is 2. The Kier molecular flexibility index (Phi) is 7.49. The lowest BCUT2D eigenvalue weighted by atomic mass is 9.67. The van der Waals surface area contributed by atoms with Crippen molar-refractivity contribution in [2.24, 2.45) is 10.4 Å².